The fraction of sp³-hybridized carbons (Fsp3) is 0.429. The quantitative estimate of drug-likeness (QED) is 0.452. The van der Waals surface area contributed by atoms with Crippen LogP contribution < -0.4 is 0 Å². The Morgan fingerprint density at radius 2 is 2.22 bits per heavy atom. The smallest absolute Gasteiger partial charge is 0.00413 e. The lowest BCUT2D eigenvalue weighted by Crippen LogP contribution is -1.84. The minimum absolute atomic E-state index is 1.18. The van der Waals surface area contributed by atoms with Crippen LogP contribution in [0.2, 0.25) is 0 Å². The van der Waals surface area contributed by atoms with E-state index in [-0.39, 0.29) is 0 Å². The van der Waals surface area contributed by atoms with Crippen LogP contribution >= 0.6 is 22.5 Å². The average molecular weight is 158 g/mol. The van der Waals surface area contributed by atoms with Gasteiger partial charge < -0.3 is 0 Å². The highest BCUT2D eigenvalue weighted by atomic mass is 33.1. The van der Waals surface area contributed by atoms with Gasteiger partial charge in [-0.25, -0.2) is 0 Å². The predicted molar refractivity (Wildman–Crippen MR) is 47.7 cm³/mol. The van der Waals surface area contributed by atoms with Crippen molar-refractivity contribution in [3.05, 3.63) is 22.6 Å². The molecule has 1 aliphatic carbocycles. The van der Waals surface area contributed by atoms with Crippen LogP contribution in [0.5, 0.6) is 0 Å². The van der Waals surface area contributed by atoms with E-state index in [2.05, 4.69) is 30.7 Å². The van der Waals surface area contributed by atoms with Crippen LogP contribution in [0, 0.1) is 0 Å². The molecule has 0 unspecified atom stereocenters. The summed E-state index contributed by atoms with van der Waals surface area (Å²) >= 11 is 4.11. The van der Waals surface area contributed by atoms with Crippen LogP contribution in [0.4, 0.5) is 0 Å². The van der Waals surface area contributed by atoms with Crippen molar-refractivity contribution in [3.8, 4) is 0 Å². The first-order valence-electron chi connectivity index (χ1n) is 3.00. The molecule has 0 nitrogen and oxygen atoms in total. The minimum atomic E-state index is 1.18. The van der Waals surface area contributed by atoms with Crippen LogP contribution in [0.15, 0.2) is 22.6 Å². The van der Waals surface area contributed by atoms with Gasteiger partial charge in [0, 0.05) is 0 Å². The summed E-state index contributed by atoms with van der Waals surface area (Å²) in [6, 6.07) is 0. The van der Waals surface area contributed by atoms with E-state index in [1.54, 1.807) is 10.8 Å². The molecule has 0 atom stereocenters. The van der Waals surface area contributed by atoms with Gasteiger partial charge in [0.1, 0.15) is 0 Å². The van der Waals surface area contributed by atoms with Crippen molar-refractivity contribution < 1.29 is 0 Å². The van der Waals surface area contributed by atoms with Gasteiger partial charge in [0.25, 0.3) is 0 Å². The Bertz CT molecular complexity index is 156. The largest absolute Gasteiger partial charge is 0.106 e. The molecule has 9 heavy (non-hydrogen) atoms. The van der Waals surface area contributed by atoms with Gasteiger partial charge >= 0.3 is 0 Å². The fourth-order valence-corrected chi connectivity index (χ4v) is 1.58. The van der Waals surface area contributed by atoms with Crippen LogP contribution in [0.3, 0.4) is 0 Å². The second-order valence-electron chi connectivity index (χ2n) is 2.24. The molecule has 0 aromatic heterocycles. The molecule has 0 aromatic carbocycles. The molecule has 1 rings (SSSR count). The van der Waals surface area contributed by atoms with E-state index in [9.17, 15) is 0 Å². The summed E-state index contributed by atoms with van der Waals surface area (Å²) < 4.78 is 0. The Balaban J connectivity index is 2.59. The third-order valence-electron chi connectivity index (χ3n) is 1.44. The van der Waals surface area contributed by atoms with Gasteiger partial charge in [-0.1, -0.05) is 28.5 Å². The van der Waals surface area contributed by atoms with Crippen molar-refractivity contribution in [2.24, 2.45) is 0 Å². The first kappa shape index (κ1) is 7.29. The van der Waals surface area contributed by atoms with E-state index < -0.39 is 0 Å². The second-order valence-corrected chi connectivity index (χ2v) is 3.49. The summed E-state index contributed by atoms with van der Waals surface area (Å²) in [5, 5.41) is 0. The Morgan fingerprint density at radius 3 is 2.67 bits per heavy atom. The zero-order valence-electron chi connectivity index (χ0n) is 5.42. The molecule has 0 heterocycles. The third-order valence-corrected chi connectivity index (χ3v) is 2.71. The van der Waals surface area contributed by atoms with E-state index in [4.69, 9.17) is 0 Å². The zero-order chi connectivity index (χ0) is 6.69. The number of allylic oxidation sites excluding steroid dienone is 4. The maximum absolute atomic E-state index is 4.11. The van der Waals surface area contributed by atoms with Crippen molar-refractivity contribution >= 4 is 22.5 Å². The van der Waals surface area contributed by atoms with Crippen LogP contribution in [0.1, 0.15) is 19.8 Å². The van der Waals surface area contributed by atoms with Gasteiger partial charge in [0.2, 0.25) is 0 Å². The van der Waals surface area contributed by atoms with Crippen molar-refractivity contribution in [1.82, 2.24) is 0 Å². The van der Waals surface area contributed by atoms with E-state index in [0.717, 1.165) is 0 Å². The lowest BCUT2D eigenvalue weighted by atomic mass is 10.1. The highest BCUT2D eigenvalue weighted by Crippen LogP contribution is 2.28. The molecule has 0 saturated heterocycles. The van der Waals surface area contributed by atoms with E-state index in [0.29, 0.717) is 0 Å². The summed E-state index contributed by atoms with van der Waals surface area (Å²) in [7, 11) is 1.56. The molecule has 1 aliphatic rings. The zero-order valence-corrected chi connectivity index (χ0v) is 7.14. The van der Waals surface area contributed by atoms with E-state index >= 15 is 0 Å². The second kappa shape index (κ2) is 3.37. The molecule has 0 amide bonds. The highest BCUT2D eigenvalue weighted by molar-refractivity contribution is 8.70. The SMILES string of the molecule is CC1=CC=C(SS)CC1. The highest BCUT2D eigenvalue weighted by Gasteiger charge is 2.00. The predicted octanol–water partition coefficient (Wildman–Crippen LogP) is 3.19. The third kappa shape index (κ3) is 2.11. The molecule has 0 bridgehead atoms. The molecular weight excluding hydrogens is 148 g/mol. The molecule has 0 aromatic rings. The van der Waals surface area contributed by atoms with Crippen LogP contribution in [-0.2, 0) is 0 Å². The molecular formula is C7H10S2. The Hall–Kier alpha value is 0.180. The molecule has 0 fully saturated rings. The summed E-state index contributed by atoms with van der Waals surface area (Å²) in [5.74, 6) is 0. The summed E-state index contributed by atoms with van der Waals surface area (Å²) in [6.45, 7) is 2.16. The van der Waals surface area contributed by atoms with Crippen molar-refractivity contribution in [3.63, 3.8) is 0 Å². The molecule has 0 saturated carbocycles. The number of hydrogen-bond donors (Lipinski definition) is 1. The van der Waals surface area contributed by atoms with Gasteiger partial charge in [-0.05, 0) is 24.7 Å². The summed E-state index contributed by atoms with van der Waals surface area (Å²) in [4.78, 5) is 1.38. The summed E-state index contributed by atoms with van der Waals surface area (Å²) in [6.07, 6.45) is 6.70. The van der Waals surface area contributed by atoms with Crippen molar-refractivity contribution in [2.45, 2.75) is 19.8 Å². The maximum atomic E-state index is 4.11. The normalized spacial score (nSPS) is 18.9. The fourth-order valence-electron chi connectivity index (χ4n) is 0.798. The first-order valence-corrected chi connectivity index (χ1v) is 4.87. The van der Waals surface area contributed by atoms with Crippen LogP contribution in [-0.4, -0.2) is 0 Å². The van der Waals surface area contributed by atoms with Crippen molar-refractivity contribution in [1.29, 1.82) is 0 Å². The molecule has 2 heteroatoms. The maximum Gasteiger partial charge on any atom is -0.00413 e. The Kier molecular flexibility index (Phi) is 2.73. The Labute approximate surface area is 65.2 Å². The molecule has 0 N–H and O–H groups in total. The van der Waals surface area contributed by atoms with Crippen LogP contribution in [0.25, 0.3) is 0 Å². The van der Waals surface area contributed by atoms with E-state index in [1.165, 1.54) is 23.3 Å². The topological polar surface area (TPSA) is 0 Å². The van der Waals surface area contributed by atoms with Gasteiger partial charge in [-0.3, -0.25) is 0 Å². The monoisotopic (exact) mass is 158 g/mol. The van der Waals surface area contributed by atoms with Crippen molar-refractivity contribution in [2.75, 3.05) is 0 Å². The number of thiol groups is 1. The number of rotatable bonds is 1. The molecule has 50 valence electrons. The van der Waals surface area contributed by atoms with Gasteiger partial charge in [-0.2, -0.15) is 0 Å². The van der Waals surface area contributed by atoms with Gasteiger partial charge in [0.15, 0.2) is 0 Å². The first-order chi connectivity index (χ1) is 4.33. The van der Waals surface area contributed by atoms with Gasteiger partial charge in [-0.15, -0.1) is 11.7 Å². The molecule has 0 radical (unpaired) electrons. The summed E-state index contributed by atoms with van der Waals surface area (Å²) in [5.41, 5.74) is 1.47. The lowest BCUT2D eigenvalue weighted by Gasteiger charge is -2.07. The Morgan fingerprint density at radius 1 is 1.44 bits per heavy atom. The van der Waals surface area contributed by atoms with Gasteiger partial charge in [0.05, 0.1) is 0 Å². The minimum Gasteiger partial charge on any atom is -0.106 e. The average Bonchev–Trinajstić information content (AvgIpc) is 1.90. The lowest BCUT2D eigenvalue weighted by molar-refractivity contribution is 0.951. The molecule has 0 spiro atoms. The molecule has 0 aliphatic heterocycles. The number of hydrogen-bond acceptors (Lipinski definition) is 2. The standard InChI is InChI=1S/C7H10S2/c1-6-2-4-7(9-8)5-3-6/h2,4,8H,3,5H2,1H3. The van der Waals surface area contributed by atoms with E-state index in [1.807, 2.05) is 0 Å².